The quantitative estimate of drug-likeness (QED) is 0.386. The molecule has 2 atom stereocenters. The summed E-state index contributed by atoms with van der Waals surface area (Å²) in [6, 6.07) is 11.7. The first-order valence-corrected chi connectivity index (χ1v) is 9.14. The van der Waals surface area contributed by atoms with Gasteiger partial charge in [-0.3, -0.25) is 20.4 Å². The summed E-state index contributed by atoms with van der Waals surface area (Å²) in [5.41, 5.74) is 6.06. The van der Waals surface area contributed by atoms with Gasteiger partial charge in [0.1, 0.15) is 6.04 Å². The van der Waals surface area contributed by atoms with Crippen molar-refractivity contribution >= 4 is 29.1 Å². The predicted octanol–water partition coefficient (Wildman–Crippen LogP) is 1.15. The van der Waals surface area contributed by atoms with Crippen LogP contribution < -0.4 is 21.5 Å². The maximum atomic E-state index is 12.6. The normalized spacial score (nSPS) is 12.5. The van der Waals surface area contributed by atoms with Crippen LogP contribution >= 0.6 is 12.2 Å². The van der Waals surface area contributed by atoms with Crippen LogP contribution in [0.5, 0.6) is 0 Å². The van der Waals surface area contributed by atoms with E-state index in [4.69, 9.17) is 21.4 Å². The second-order valence-corrected chi connectivity index (χ2v) is 6.55. The molecule has 4 N–H and O–H groups in total. The minimum Gasteiger partial charge on any atom is -0.459 e. The number of rotatable bonds is 8. The highest BCUT2D eigenvalue weighted by molar-refractivity contribution is 7.80. The highest BCUT2D eigenvalue weighted by atomic mass is 32.1. The van der Waals surface area contributed by atoms with Gasteiger partial charge in [-0.1, -0.05) is 30.3 Å². The van der Waals surface area contributed by atoms with Crippen LogP contribution in [0.25, 0.3) is 0 Å². The van der Waals surface area contributed by atoms with Crippen LogP contribution in [-0.2, 0) is 16.0 Å². The smallest absolute Gasteiger partial charge is 0.287 e. The molecule has 8 nitrogen and oxygen atoms in total. The van der Waals surface area contributed by atoms with Crippen LogP contribution in [0.4, 0.5) is 0 Å². The summed E-state index contributed by atoms with van der Waals surface area (Å²) in [5, 5.41) is 5.89. The molecule has 9 heteroatoms. The zero-order chi connectivity index (χ0) is 20.4. The minimum atomic E-state index is -0.827. The Morgan fingerprint density at radius 1 is 1.11 bits per heavy atom. The number of nitrogens with one attached hydrogen (secondary N) is 4. The highest BCUT2D eigenvalue weighted by Gasteiger charge is 2.23. The third-order valence-electron chi connectivity index (χ3n) is 3.74. The summed E-state index contributed by atoms with van der Waals surface area (Å²) in [5.74, 6) is -0.785. The molecular weight excluding hydrogens is 380 g/mol. The molecule has 0 fully saturated rings. The number of furan rings is 1. The summed E-state index contributed by atoms with van der Waals surface area (Å²) >= 11 is 5.14. The van der Waals surface area contributed by atoms with Gasteiger partial charge in [0.05, 0.1) is 12.9 Å². The predicted molar refractivity (Wildman–Crippen MR) is 108 cm³/mol. The number of methoxy groups -OCH3 is 1. The summed E-state index contributed by atoms with van der Waals surface area (Å²) in [6.07, 6.45) is 1.70. The van der Waals surface area contributed by atoms with Crippen LogP contribution in [0.15, 0.2) is 53.1 Å². The molecule has 1 aromatic heterocycles. The van der Waals surface area contributed by atoms with Crippen molar-refractivity contribution in [2.24, 2.45) is 0 Å². The zero-order valence-electron chi connectivity index (χ0n) is 15.7. The lowest BCUT2D eigenvalue weighted by Gasteiger charge is -2.20. The van der Waals surface area contributed by atoms with E-state index in [1.807, 2.05) is 37.3 Å². The van der Waals surface area contributed by atoms with Gasteiger partial charge in [0.2, 0.25) is 0 Å². The SMILES string of the molecule is COC[C@H](C)NC(=S)NNC(=O)[C@H](Cc1ccccc1)NC(=O)c1ccco1. The molecule has 0 unspecified atom stereocenters. The molecule has 2 amide bonds. The molecule has 28 heavy (non-hydrogen) atoms. The van der Waals surface area contributed by atoms with E-state index in [-0.39, 0.29) is 16.9 Å². The lowest BCUT2D eigenvalue weighted by Crippen LogP contribution is -2.56. The Labute approximate surface area is 169 Å². The Morgan fingerprint density at radius 3 is 2.50 bits per heavy atom. The van der Waals surface area contributed by atoms with Crippen LogP contribution in [0.1, 0.15) is 23.0 Å². The first kappa shape index (κ1) is 21.4. The molecule has 150 valence electrons. The van der Waals surface area contributed by atoms with Crippen molar-refractivity contribution in [3.8, 4) is 0 Å². The number of benzene rings is 1. The van der Waals surface area contributed by atoms with Gasteiger partial charge >= 0.3 is 0 Å². The van der Waals surface area contributed by atoms with E-state index in [1.54, 1.807) is 13.2 Å². The molecule has 0 aliphatic rings. The fourth-order valence-electron chi connectivity index (χ4n) is 2.45. The number of carbonyl (C=O) groups excluding carboxylic acids is 2. The number of hydrogen-bond acceptors (Lipinski definition) is 5. The molecule has 2 rings (SSSR count). The van der Waals surface area contributed by atoms with Gasteiger partial charge in [-0.25, -0.2) is 0 Å². The van der Waals surface area contributed by atoms with Crippen molar-refractivity contribution in [3.05, 3.63) is 60.1 Å². The van der Waals surface area contributed by atoms with Crippen molar-refractivity contribution in [1.82, 2.24) is 21.5 Å². The number of carbonyl (C=O) groups is 2. The standard InChI is InChI=1S/C19H24N4O4S/c1-13(12-26-2)20-19(28)23-22-17(24)15(11-14-7-4-3-5-8-14)21-18(25)16-9-6-10-27-16/h3-10,13,15H,11-12H2,1-2H3,(H,21,25)(H,22,24)(H2,20,23,28)/t13-,15-/m0/s1. The first-order valence-electron chi connectivity index (χ1n) is 8.73. The first-order chi connectivity index (χ1) is 13.5. The van der Waals surface area contributed by atoms with E-state index in [2.05, 4.69) is 21.5 Å². The molecule has 1 aromatic carbocycles. The van der Waals surface area contributed by atoms with Crippen LogP contribution in [0.2, 0.25) is 0 Å². The fourth-order valence-corrected chi connectivity index (χ4v) is 2.71. The second-order valence-electron chi connectivity index (χ2n) is 6.14. The van der Waals surface area contributed by atoms with Gasteiger partial charge in [0.25, 0.3) is 11.8 Å². The molecule has 0 aliphatic heterocycles. The zero-order valence-corrected chi connectivity index (χ0v) is 16.5. The monoisotopic (exact) mass is 404 g/mol. The van der Waals surface area contributed by atoms with Gasteiger partial charge in [-0.15, -0.1) is 0 Å². The van der Waals surface area contributed by atoms with E-state index in [0.717, 1.165) is 5.56 Å². The molecule has 0 aliphatic carbocycles. The molecule has 2 aromatic rings. The Kier molecular flexibility index (Phi) is 8.44. The second kappa shape index (κ2) is 11.1. The maximum absolute atomic E-state index is 12.6. The maximum Gasteiger partial charge on any atom is 0.287 e. The van der Waals surface area contributed by atoms with Crippen molar-refractivity contribution in [2.75, 3.05) is 13.7 Å². The Balaban J connectivity index is 1.98. The third-order valence-corrected chi connectivity index (χ3v) is 3.96. The Bertz CT molecular complexity index is 768. The Morgan fingerprint density at radius 2 is 1.86 bits per heavy atom. The van der Waals surface area contributed by atoms with Crippen molar-refractivity contribution in [2.45, 2.75) is 25.4 Å². The molecule has 0 saturated carbocycles. The molecule has 0 spiro atoms. The van der Waals surface area contributed by atoms with E-state index < -0.39 is 17.9 Å². The lowest BCUT2D eigenvalue weighted by molar-refractivity contribution is -0.123. The summed E-state index contributed by atoms with van der Waals surface area (Å²) in [6.45, 7) is 2.35. The van der Waals surface area contributed by atoms with Crippen LogP contribution in [0.3, 0.4) is 0 Å². The summed E-state index contributed by atoms with van der Waals surface area (Å²) < 4.78 is 10.1. The van der Waals surface area contributed by atoms with Gasteiger partial charge in [-0.2, -0.15) is 0 Å². The van der Waals surface area contributed by atoms with E-state index >= 15 is 0 Å². The van der Waals surface area contributed by atoms with E-state index in [0.29, 0.717) is 13.0 Å². The Hall–Kier alpha value is -2.91. The van der Waals surface area contributed by atoms with Gasteiger partial charge in [-0.05, 0) is 36.8 Å². The molecule has 0 radical (unpaired) electrons. The largest absolute Gasteiger partial charge is 0.459 e. The van der Waals surface area contributed by atoms with Gasteiger partial charge in [0, 0.05) is 19.6 Å². The van der Waals surface area contributed by atoms with Crippen molar-refractivity contribution < 1.29 is 18.7 Å². The molecule has 0 saturated heterocycles. The fraction of sp³-hybridized carbons (Fsp3) is 0.316. The van der Waals surface area contributed by atoms with Gasteiger partial charge < -0.3 is 19.8 Å². The average Bonchev–Trinajstić information content (AvgIpc) is 3.21. The lowest BCUT2D eigenvalue weighted by atomic mass is 10.1. The van der Waals surface area contributed by atoms with Gasteiger partial charge in [0.15, 0.2) is 10.9 Å². The minimum absolute atomic E-state index is 0.0272. The molecular formula is C19H24N4O4S. The van der Waals surface area contributed by atoms with Crippen LogP contribution in [0, 0.1) is 0 Å². The average molecular weight is 404 g/mol. The molecule has 0 bridgehead atoms. The van der Waals surface area contributed by atoms with Crippen LogP contribution in [-0.4, -0.2) is 42.7 Å². The third kappa shape index (κ3) is 7.01. The van der Waals surface area contributed by atoms with Crippen molar-refractivity contribution in [1.29, 1.82) is 0 Å². The number of hydrogen-bond donors (Lipinski definition) is 4. The highest BCUT2D eigenvalue weighted by Crippen LogP contribution is 2.06. The topological polar surface area (TPSA) is 105 Å². The number of amides is 2. The molecule has 1 heterocycles. The van der Waals surface area contributed by atoms with E-state index in [1.165, 1.54) is 12.3 Å². The number of hydrazine groups is 1. The number of thiocarbonyl (C=S) groups is 1. The summed E-state index contributed by atoms with van der Waals surface area (Å²) in [4.78, 5) is 24.9. The number of ether oxygens (including phenoxy) is 1. The summed E-state index contributed by atoms with van der Waals surface area (Å²) in [7, 11) is 1.59. The van der Waals surface area contributed by atoms with E-state index in [9.17, 15) is 9.59 Å². The van der Waals surface area contributed by atoms with Crippen molar-refractivity contribution in [3.63, 3.8) is 0 Å².